The topological polar surface area (TPSA) is 59.2 Å². The number of carbonyl (C=O) groups excluding carboxylic acids is 1. The lowest BCUT2D eigenvalue weighted by atomic mass is 9.96. The summed E-state index contributed by atoms with van der Waals surface area (Å²) in [6, 6.07) is 12.2. The molecular weight excluding hydrogens is 395 g/mol. The number of alkyl halides is 3. The van der Waals surface area contributed by atoms with Gasteiger partial charge >= 0.3 is 6.18 Å². The summed E-state index contributed by atoms with van der Waals surface area (Å²) in [5.41, 5.74) is 1.48. The lowest BCUT2D eigenvalue weighted by molar-refractivity contribution is -0.137. The highest BCUT2D eigenvalue weighted by molar-refractivity contribution is 5.94. The van der Waals surface area contributed by atoms with E-state index in [1.165, 1.54) is 12.1 Å². The number of hydrogen-bond acceptors (Lipinski definition) is 4. The van der Waals surface area contributed by atoms with Gasteiger partial charge in [0.25, 0.3) is 5.91 Å². The zero-order valence-corrected chi connectivity index (χ0v) is 16.3. The first-order valence-corrected chi connectivity index (χ1v) is 9.68. The van der Waals surface area contributed by atoms with Gasteiger partial charge in [-0.2, -0.15) is 18.2 Å². The van der Waals surface area contributed by atoms with E-state index < -0.39 is 11.7 Å². The third-order valence-electron chi connectivity index (χ3n) is 5.31. The van der Waals surface area contributed by atoms with Gasteiger partial charge in [0.2, 0.25) is 11.7 Å². The second-order valence-electron chi connectivity index (χ2n) is 7.47. The number of aromatic nitrogens is 2. The van der Waals surface area contributed by atoms with E-state index in [0.717, 1.165) is 23.3 Å². The molecule has 1 amide bonds. The number of piperidine rings is 1. The van der Waals surface area contributed by atoms with Crippen LogP contribution in [0.3, 0.4) is 0 Å². The van der Waals surface area contributed by atoms with Gasteiger partial charge in [-0.3, -0.25) is 4.79 Å². The molecule has 0 radical (unpaired) electrons. The van der Waals surface area contributed by atoms with Crippen LogP contribution in [0.4, 0.5) is 13.2 Å². The van der Waals surface area contributed by atoms with Crippen molar-refractivity contribution in [1.29, 1.82) is 0 Å². The van der Waals surface area contributed by atoms with Crippen LogP contribution in [0.2, 0.25) is 0 Å². The molecule has 0 atom stereocenters. The Hall–Kier alpha value is -3.16. The van der Waals surface area contributed by atoms with Gasteiger partial charge in [-0.05, 0) is 50.1 Å². The summed E-state index contributed by atoms with van der Waals surface area (Å²) < 4.78 is 43.5. The minimum absolute atomic E-state index is 0.0488. The molecule has 3 aromatic rings. The first-order valence-electron chi connectivity index (χ1n) is 9.68. The predicted octanol–water partition coefficient (Wildman–Crippen LogP) is 5.08. The molecule has 5 nitrogen and oxygen atoms in total. The number of likely N-dealkylation sites (tertiary alicyclic amines) is 1. The number of nitrogens with zero attached hydrogens (tertiary/aromatic N) is 3. The van der Waals surface area contributed by atoms with E-state index in [0.29, 0.717) is 37.6 Å². The van der Waals surface area contributed by atoms with Gasteiger partial charge < -0.3 is 9.42 Å². The summed E-state index contributed by atoms with van der Waals surface area (Å²) in [6.07, 6.45) is -3.11. The summed E-state index contributed by atoms with van der Waals surface area (Å²) in [7, 11) is 0. The van der Waals surface area contributed by atoms with Gasteiger partial charge in [0.1, 0.15) is 0 Å². The Morgan fingerprint density at radius 1 is 1.10 bits per heavy atom. The average Bonchev–Trinajstić information content (AvgIpc) is 3.23. The first kappa shape index (κ1) is 20.1. The normalized spacial score (nSPS) is 15.4. The van der Waals surface area contributed by atoms with Crippen molar-refractivity contribution in [2.75, 3.05) is 13.1 Å². The lowest BCUT2D eigenvalue weighted by Crippen LogP contribution is -2.38. The standard InChI is InChI=1S/C22H20F3N3O2/c1-14-3-2-4-17(13-14)19-26-20(30-27-19)15-9-11-28(12-10-15)21(29)16-5-7-18(8-6-16)22(23,24)25/h2-8,13,15H,9-12H2,1H3. The van der Waals surface area contributed by atoms with E-state index in [1.807, 2.05) is 31.2 Å². The van der Waals surface area contributed by atoms with Crippen molar-refractivity contribution in [3.63, 3.8) is 0 Å². The van der Waals surface area contributed by atoms with Crippen LogP contribution in [0.15, 0.2) is 53.1 Å². The largest absolute Gasteiger partial charge is 0.416 e. The van der Waals surface area contributed by atoms with Crippen molar-refractivity contribution in [1.82, 2.24) is 15.0 Å². The van der Waals surface area contributed by atoms with Gasteiger partial charge in [-0.1, -0.05) is 28.9 Å². The maximum atomic E-state index is 12.7. The molecule has 0 spiro atoms. The Kier molecular flexibility index (Phi) is 5.32. The van der Waals surface area contributed by atoms with Crippen molar-refractivity contribution < 1.29 is 22.5 Å². The van der Waals surface area contributed by atoms with Crippen molar-refractivity contribution in [3.8, 4) is 11.4 Å². The van der Waals surface area contributed by atoms with E-state index in [2.05, 4.69) is 10.1 Å². The molecule has 156 valence electrons. The third-order valence-corrected chi connectivity index (χ3v) is 5.31. The highest BCUT2D eigenvalue weighted by atomic mass is 19.4. The highest BCUT2D eigenvalue weighted by Gasteiger charge is 2.31. The number of hydrogen-bond donors (Lipinski definition) is 0. The van der Waals surface area contributed by atoms with E-state index in [-0.39, 0.29) is 17.4 Å². The number of carbonyl (C=O) groups is 1. The molecular formula is C22H20F3N3O2. The summed E-state index contributed by atoms with van der Waals surface area (Å²) in [5.74, 6) is 0.867. The molecule has 4 rings (SSSR count). The molecule has 1 aliphatic heterocycles. The average molecular weight is 415 g/mol. The van der Waals surface area contributed by atoms with Gasteiger partial charge in [-0.25, -0.2) is 0 Å². The van der Waals surface area contributed by atoms with Crippen LogP contribution in [0, 0.1) is 6.92 Å². The van der Waals surface area contributed by atoms with Crippen LogP contribution in [-0.4, -0.2) is 34.0 Å². The Morgan fingerprint density at radius 3 is 2.43 bits per heavy atom. The molecule has 2 heterocycles. The molecule has 1 aromatic heterocycles. The lowest BCUT2D eigenvalue weighted by Gasteiger charge is -2.30. The molecule has 1 aliphatic rings. The molecule has 0 saturated carbocycles. The minimum Gasteiger partial charge on any atom is -0.339 e. The fourth-order valence-corrected chi connectivity index (χ4v) is 3.62. The molecule has 2 aromatic carbocycles. The molecule has 30 heavy (non-hydrogen) atoms. The SMILES string of the molecule is Cc1cccc(-c2noc(C3CCN(C(=O)c4ccc(C(F)(F)F)cc4)CC3)n2)c1. The quantitative estimate of drug-likeness (QED) is 0.598. The highest BCUT2D eigenvalue weighted by Crippen LogP contribution is 2.31. The van der Waals surface area contributed by atoms with Gasteiger partial charge in [0, 0.05) is 30.1 Å². The smallest absolute Gasteiger partial charge is 0.339 e. The van der Waals surface area contributed by atoms with Crippen molar-refractivity contribution in [2.24, 2.45) is 0 Å². The molecule has 0 unspecified atom stereocenters. The Morgan fingerprint density at radius 2 is 1.80 bits per heavy atom. The Balaban J connectivity index is 1.39. The number of aryl methyl sites for hydroxylation is 1. The van der Waals surface area contributed by atoms with Crippen LogP contribution in [-0.2, 0) is 6.18 Å². The monoisotopic (exact) mass is 415 g/mol. The van der Waals surface area contributed by atoms with Crippen molar-refractivity contribution in [2.45, 2.75) is 31.9 Å². The fourth-order valence-electron chi connectivity index (χ4n) is 3.62. The van der Waals surface area contributed by atoms with Gasteiger partial charge in [-0.15, -0.1) is 0 Å². The maximum Gasteiger partial charge on any atom is 0.416 e. The van der Waals surface area contributed by atoms with E-state index in [4.69, 9.17) is 4.52 Å². The summed E-state index contributed by atoms with van der Waals surface area (Å²) in [5, 5.41) is 4.07. The van der Waals surface area contributed by atoms with Crippen LogP contribution >= 0.6 is 0 Å². The molecule has 0 bridgehead atoms. The van der Waals surface area contributed by atoms with Crippen LogP contribution in [0.1, 0.15) is 46.1 Å². The second kappa shape index (κ2) is 7.93. The van der Waals surface area contributed by atoms with E-state index in [9.17, 15) is 18.0 Å². The predicted molar refractivity (Wildman–Crippen MR) is 104 cm³/mol. The van der Waals surface area contributed by atoms with Crippen molar-refractivity contribution in [3.05, 3.63) is 71.1 Å². The number of halogens is 3. The molecule has 8 heteroatoms. The van der Waals surface area contributed by atoms with E-state index >= 15 is 0 Å². The molecule has 1 saturated heterocycles. The first-order chi connectivity index (χ1) is 14.3. The molecule has 0 aliphatic carbocycles. The zero-order chi connectivity index (χ0) is 21.3. The number of rotatable bonds is 3. The Labute approximate surface area is 171 Å². The Bertz CT molecular complexity index is 1040. The number of benzene rings is 2. The third kappa shape index (κ3) is 4.22. The molecule has 0 N–H and O–H groups in total. The summed E-state index contributed by atoms with van der Waals surface area (Å²) in [6.45, 7) is 2.95. The van der Waals surface area contributed by atoms with Gasteiger partial charge in [0.15, 0.2) is 0 Å². The van der Waals surface area contributed by atoms with Crippen molar-refractivity contribution >= 4 is 5.91 Å². The van der Waals surface area contributed by atoms with Gasteiger partial charge in [0.05, 0.1) is 5.56 Å². The number of amides is 1. The van der Waals surface area contributed by atoms with Crippen LogP contribution < -0.4 is 0 Å². The fraction of sp³-hybridized carbons (Fsp3) is 0.318. The maximum absolute atomic E-state index is 12.7. The zero-order valence-electron chi connectivity index (χ0n) is 16.3. The molecule has 1 fully saturated rings. The van der Waals surface area contributed by atoms with Crippen LogP contribution in [0.5, 0.6) is 0 Å². The van der Waals surface area contributed by atoms with E-state index in [1.54, 1.807) is 4.90 Å². The van der Waals surface area contributed by atoms with Crippen LogP contribution in [0.25, 0.3) is 11.4 Å². The second-order valence-corrected chi connectivity index (χ2v) is 7.47. The minimum atomic E-state index is -4.42. The summed E-state index contributed by atoms with van der Waals surface area (Å²) >= 11 is 0. The summed E-state index contributed by atoms with van der Waals surface area (Å²) in [4.78, 5) is 18.8.